The number of primary amides is 1. The molecule has 0 spiro atoms. The van der Waals surface area contributed by atoms with E-state index in [4.69, 9.17) is 10.5 Å². The Labute approximate surface area is 208 Å². The number of likely N-dealkylation sites (N-methyl/N-ethyl adjacent to an activating group) is 1. The molecular formula is C25H31N3O8. The third-order valence-corrected chi connectivity index (χ3v) is 8.07. The summed E-state index contributed by atoms with van der Waals surface area (Å²) < 4.78 is 5.49. The number of anilines is 1. The van der Waals surface area contributed by atoms with Crippen LogP contribution in [0.3, 0.4) is 0 Å². The van der Waals surface area contributed by atoms with E-state index in [1.165, 1.54) is 18.1 Å². The second-order valence-electron chi connectivity index (χ2n) is 10.6. The number of ketones is 4. The van der Waals surface area contributed by atoms with Crippen molar-refractivity contribution in [2.75, 3.05) is 46.8 Å². The van der Waals surface area contributed by atoms with Crippen LogP contribution in [0.25, 0.3) is 0 Å². The number of amides is 1. The molecule has 1 aromatic rings. The Kier molecular flexibility index (Phi) is 6.09. The van der Waals surface area contributed by atoms with Crippen molar-refractivity contribution in [2.45, 2.75) is 24.5 Å². The van der Waals surface area contributed by atoms with Crippen molar-refractivity contribution in [1.82, 2.24) is 4.90 Å². The number of carbonyl (C=O) groups is 5. The predicted molar refractivity (Wildman–Crippen MR) is 127 cm³/mol. The zero-order valence-corrected chi connectivity index (χ0v) is 20.9. The third kappa shape index (κ3) is 3.26. The summed E-state index contributed by atoms with van der Waals surface area (Å²) in [5.74, 6) is -10.3. The Hall–Kier alpha value is -3.15. The second kappa shape index (κ2) is 8.46. The number of hydrogen-bond donors (Lipinski definition) is 3. The molecule has 2 saturated carbocycles. The first-order valence-corrected chi connectivity index (χ1v) is 11.6. The van der Waals surface area contributed by atoms with Crippen LogP contribution >= 0.6 is 0 Å². The molecule has 36 heavy (non-hydrogen) atoms. The van der Waals surface area contributed by atoms with Crippen molar-refractivity contribution in [3.63, 3.8) is 0 Å². The second-order valence-corrected chi connectivity index (χ2v) is 10.6. The van der Waals surface area contributed by atoms with Crippen molar-refractivity contribution in [3.05, 3.63) is 23.3 Å². The number of hydrogen-bond acceptors (Lipinski definition) is 10. The number of benzene rings is 1. The molecule has 1 aromatic carbocycles. The number of ether oxygens (including phenoxy) is 1. The van der Waals surface area contributed by atoms with E-state index in [0.29, 0.717) is 11.3 Å². The van der Waals surface area contributed by atoms with Gasteiger partial charge in [0, 0.05) is 38.2 Å². The van der Waals surface area contributed by atoms with Crippen LogP contribution in [0.15, 0.2) is 12.1 Å². The van der Waals surface area contributed by atoms with Crippen LogP contribution in [0, 0.1) is 23.2 Å². The summed E-state index contributed by atoms with van der Waals surface area (Å²) in [6.45, 7) is -0.0779. The van der Waals surface area contributed by atoms with E-state index >= 15 is 0 Å². The number of nitrogens with two attached hydrogens (primary N) is 1. The quantitative estimate of drug-likeness (QED) is 0.424. The molecule has 3 aliphatic carbocycles. The third-order valence-electron chi connectivity index (χ3n) is 8.07. The molecule has 4 N–H and O–H groups in total. The van der Waals surface area contributed by atoms with Crippen LogP contribution in [-0.2, 0) is 30.3 Å². The smallest absolute Gasteiger partial charge is 0.235 e. The number of carbonyl (C=O) groups excluding carboxylic acids is 5. The molecule has 194 valence electrons. The molecule has 2 fully saturated rings. The molecule has 0 saturated heterocycles. The molecule has 0 radical (unpaired) electrons. The molecule has 0 aromatic heterocycles. The number of aromatic hydroxyl groups is 1. The van der Waals surface area contributed by atoms with Gasteiger partial charge in [-0.1, -0.05) is 0 Å². The number of fused-ring (bicyclic) bond motifs is 3. The summed E-state index contributed by atoms with van der Waals surface area (Å²) in [7, 11) is 8.05. The normalized spacial score (nSPS) is 33.8. The van der Waals surface area contributed by atoms with Crippen molar-refractivity contribution < 1.29 is 38.9 Å². The fraction of sp³-hybridized carbons (Fsp3) is 0.560. The standard InChI is InChI=1S/C25H31N3O8/c1-27(2)13-6-7-14(29)15-11(13)8-24(10-36-5)9-12-18(28(3)4)20(31)16(23(26)34)21(32)25(12,35)22(33)17(24)19(15)30/h6-7,12,16-18,29,35H,8-10H2,1-5H3,(H2,26,34)/t12-,16?,17?,18-,24-,25+/m0/s1. The predicted octanol–water partition coefficient (Wildman–Crippen LogP) is -1.05. The zero-order chi connectivity index (χ0) is 26.9. The van der Waals surface area contributed by atoms with Gasteiger partial charge in [0.05, 0.1) is 24.1 Å². The largest absolute Gasteiger partial charge is 0.507 e. The first-order chi connectivity index (χ1) is 16.7. The zero-order valence-electron chi connectivity index (χ0n) is 20.9. The van der Waals surface area contributed by atoms with Gasteiger partial charge in [-0.05, 0) is 44.6 Å². The topological polar surface area (TPSA) is 168 Å². The number of rotatable bonds is 5. The van der Waals surface area contributed by atoms with Crippen LogP contribution in [0.4, 0.5) is 5.69 Å². The Morgan fingerprint density at radius 3 is 2.31 bits per heavy atom. The van der Waals surface area contributed by atoms with E-state index in [-0.39, 0.29) is 30.8 Å². The molecule has 3 aliphatic rings. The molecule has 11 heteroatoms. The number of methoxy groups -OCH3 is 1. The number of aliphatic hydroxyl groups is 1. The minimum Gasteiger partial charge on any atom is -0.507 e. The van der Waals surface area contributed by atoms with Crippen LogP contribution < -0.4 is 10.6 Å². The van der Waals surface area contributed by atoms with Gasteiger partial charge in [-0.25, -0.2) is 0 Å². The Morgan fingerprint density at radius 1 is 1.14 bits per heavy atom. The number of phenols is 1. The van der Waals surface area contributed by atoms with Gasteiger partial charge in [0.15, 0.2) is 34.7 Å². The van der Waals surface area contributed by atoms with Gasteiger partial charge in [-0.15, -0.1) is 0 Å². The number of nitrogens with zero attached hydrogens (tertiary/aromatic N) is 2. The van der Waals surface area contributed by atoms with E-state index in [9.17, 15) is 34.2 Å². The highest BCUT2D eigenvalue weighted by atomic mass is 16.5. The molecule has 6 atom stereocenters. The number of Topliss-reactive ketones (excluding diaryl/α,β-unsaturated/α-hetero) is 4. The van der Waals surface area contributed by atoms with Gasteiger partial charge < -0.3 is 25.6 Å². The lowest BCUT2D eigenvalue weighted by Gasteiger charge is -2.57. The first-order valence-electron chi connectivity index (χ1n) is 11.6. The Balaban J connectivity index is 1.99. The summed E-state index contributed by atoms with van der Waals surface area (Å²) in [6, 6.07) is 1.84. The first kappa shape index (κ1) is 25.9. The van der Waals surface area contributed by atoms with Gasteiger partial charge in [-0.2, -0.15) is 0 Å². The van der Waals surface area contributed by atoms with Crippen LogP contribution in [-0.4, -0.2) is 97.7 Å². The fourth-order valence-corrected chi connectivity index (χ4v) is 6.68. The van der Waals surface area contributed by atoms with Crippen LogP contribution in [0.5, 0.6) is 5.75 Å². The van der Waals surface area contributed by atoms with Crippen molar-refractivity contribution >= 4 is 34.7 Å². The minimum atomic E-state index is -2.79. The highest BCUT2D eigenvalue weighted by Crippen LogP contribution is 2.57. The highest BCUT2D eigenvalue weighted by molar-refractivity contribution is 6.32. The maximum absolute atomic E-state index is 14.1. The summed E-state index contributed by atoms with van der Waals surface area (Å²) >= 11 is 0. The van der Waals surface area contributed by atoms with Gasteiger partial charge in [0.2, 0.25) is 5.91 Å². The fourth-order valence-electron chi connectivity index (χ4n) is 6.68. The summed E-state index contributed by atoms with van der Waals surface area (Å²) in [6.07, 6.45) is 0.0296. The molecule has 0 bridgehead atoms. The van der Waals surface area contributed by atoms with Crippen molar-refractivity contribution in [2.24, 2.45) is 28.9 Å². The summed E-state index contributed by atoms with van der Waals surface area (Å²) in [4.78, 5) is 70.0. The van der Waals surface area contributed by atoms with Gasteiger partial charge in [-0.3, -0.25) is 28.9 Å². The Morgan fingerprint density at radius 2 is 1.78 bits per heavy atom. The van der Waals surface area contributed by atoms with E-state index in [1.807, 2.05) is 0 Å². The molecule has 4 rings (SSSR count). The van der Waals surface area contributed by atoms with Gasteiger partial charge in [0.1, 0.15) is 5.75 Å². The summed E-state index contributed by atoms with van der Waals surface area (Å²) in [5, 5.41) is 22.3. The van der Waals surface area contributed by atoms with Gasteiger partial charge >= 0.3 is 0 Å². The van der Waals surface area contributed by atoms with E-state index in [0.717, 1.165) is 0 Å². The van der Waals surface area contributed by atoms with Gasteiger partial charge in [0.25, 0.3) is 0 Å². The molecule has 2 unspecified atom stereocenters. The number of phenolic OH excluding ortho intramolecular Hbond substituents is 1. The van der Waals surface area contributed by atoms with E-state index < -0.39 is 63.9 Å². The highest BCUT2D eigenvalue weighted by Gasteiger charge is 2.72. The molecular weight excluding hydrogens is 470 g/mol. The average molecular weight is 502 g/mol. The van der Waals surface area contributed by atoms with E-state index in [1.54, 1.807) is 39.2 Å². The Bertz CT molecular complexity index is 1190. The lowest BCUT2D eigenvalue weighted by Crippen LogP contribution is -2.76. The van der Waals surface area contributed by atoms with E-state index in [2.05, 4.69) is 0 Å². The average Bonchev–Trinajstić information content (AvgIpc) is 2.76. The van der Waals surface area contributed by atoms with Crippen molar-refractivity contribution in [1.29, 1.82) is 0 Å². The lowest BCUT2D eigenvalue weighted by molar-refractivity contribution is -0.188. The molecule has 0 heterocycles. The van der Waals surface area contributed by atoms with Crippen LogP contribution in [0.2, 0.25) is 0 Å². The SMILES string of the molecule is COC[C@@]12Cc3c(N(C)C)ccc(O)c3C(=O)C1C(=O)[C@]1(O)C(=O)C(C(N)=O)C(=O)[C@@H](N(C)C)[C@@H]1C2. The summed E-state index contributed by atoms with van der Waals surface area (Å²) in [5.41, 5.74) is 2.48. The molecule has 11 nitrogen and oxygen atoms in total. The molecule has 1 amide bonds. The molecule has 0 aliphatic heterocycles. The van der Waals surface area contributed by atoms with Crippen molar-refractivity contribution in [3.8, 4) is 5.75 Å². The maximum Gasteiger partial charge on any atom is 0.235 e. The minimum absolute atomic E-state index is 0.0525. The maximum atomic E-state index is 14.1. The lowest BCUT2D eigenvalue weighted by atomic mass is 9.47. The monoisotopic (exact) mass is 501 g/mol. The van der Waals surface area contributed by atoms with Crippen LogP contribution in [0.1, 0.15) is 22.3 Å².